The van der Waals surface area contributed by atoms with E-state index in [1.807, 2.05) is 0 Å². The van der Waals surface area contributed by atoms with E-state index >= 15 is 0 Å². The molecule has 0 amide bonds. The van der Waals surface area contributed by atoms with E-state index in [-0.39, 0.29) is 5.97 Å². The molecule has 0 atom stereocenters. The summed E-state index contributed by atoms with van der Waals surface area (Å²) in [6.07, 6.45) is 2.27. The summed E-state index contributed by atoms with van der Waals surface area (Å²) in [6.45, 7) is 11.2. The molecular weight excluding hydrogens is 202 g/mol. The fourth-order valence-electron chi connectivity index (χ4n) is 1.40. The third kappa shape index (κ3) is 8.72. The first kappa shape index (κ1) is 15.4. The van der Waals surface area contributed by atoms with Crippen molar-refractivity contribution >= 4 is 5.97 Å². The summed E-state index contributed by atoms with van der Waals surface area (Å²) < 4.78 is 4.71. The van der Waals surface area contributed by atoms with Crippen molar-refractivity contribution in [3.8, 4) is 0 Å². The Hall–Kier alpha value is -0.570. The van der Waals surface area contributed by atoms with Crippen LogP contribution >= 0.6 is 0 Å². The largest absolute Gasteiger partial charge is 0.468 e. The molecule has 0 aliphatic rings. The molecule has 0 saturated carbocycles. The number of carbonyl (C=O) groups excluding carboxylic acids is 1. The predicted molar refractivity (Wildman–Crippen MR) is 67.4 cm³/mol. The molecule has 0 aromatic heterocycles. The zero-order valence-corrected chi connectivity index (χ0v) is 11.5. The smallest absolute Gasteiger partial charge is 0.319 e. The summed E-state index contributed by atoms with van der Waals surface area (Å²) >= 11 is 0. The van der Waals surface area contributed by atoms with Crippen LogP contribution < -0.4 is 0 Å². The summed E-state index contributed by atoms with van der Waals surface area (Å²) in [7, 11) is 1.45. The van der Waals surface area contributed by atoms with Crippen molar-refractivity contribution in [2.45, 2.75) is 40.5 Å². The molecule has 0 unspecified atom stereocenters. The van der Waals surface area contributed by atoms with Crippen LogP contribution in [0.4, 0.5) is 0 Å². The van der Waals surface area contributed by atoms with Crippen LogP contribution in [-0.4, -0.2) is 37.6 Å². The van der Waals surface area contributed by atoms with Crippen LogP contribution in [0.15, 0.2) is 0 Å². The fraction of sp³-hybridized carbons (Fsp3) is 0.923. The standard InChI is InChI=1S/C13H27NO2/c1-11(2)6-8-14(9-7-12(3)4)10-13(15)16-5/h11-12H,6-10H2,1-5H3. The molecule has 0 aliphatic carbocycles. The summed E-state index contributed by atoms with van der Waals surface area (Å²) in [6, 6.07) is 0. The molecular formula is C13H27NO2. The number of esters is 1. The van der Waals surface area contributed by atoms with Crippen molar-refractivity contribution in [1.82, 2.24) is 4.90 Å². The van der Waals surface area contributed by atoms with E-state index in [1.54, 1.807) is 0 Å². The maximum Gasteiger partial charge on any atom is 0.319 e. The number of ether oxygens (including phenoxy) is 1. The zero-order valence-electron chi connectivity index (χ0n) is 11.5. The molecule has 0 bridgehead atoms. The molecule has 3 heteroatoms. The van der Waals surface area contributed by atoms with Crippen LogP contribution in [0.1, 0.15) is 40.5 Å². The molecule has 96 valence electrons. The highest BCUT2D eigenvalue weighted by atomic mass is 16.5. The van der Waals surface area contributed by atoms with Gasteiger partial charge in [-0.15, -0.1) is 0 Å². The lowest BCUT2D eigenvalue weighted by Crippen LogP contribution is -2.33. The molecule has 0 aromatic rings. The van der Waals surface area contributed by atoms with E-state index in [9.17, 15) is 4.79 Å². The van der Waals surface area contributed by atoms with E-state index < -0.39 is 0 Å². The van der Waals surface area contributed by atoms with Gasteiger partial charge in [0.05, 0.1) is 13.7 Å². The molecule has 0 aliphatic heterocycles. The van der Waals surface area contributed by atoms with Gasteiger partial charge < -0.3 is 4.74 Å². The van der Waals surface area contributed by atoms with Gasteiger partial charge in [-0.25, -0.2) is 0 Å². The number of methoxy groups -OCH3 is 1. The normalized spacial score (nSPS) is 11.5. The molecule has 0 aromatic carbocycles. The molecule has 3 nitrogen and oxygen atoms in total. The van der Waals surface area contributed by atoms with Crippen molar-refractivity contribution in [2.24, 2.45) is 11.8 Å². The Balaban J connectivity index is 3.99. The minimum Gasteiger partial charge on any atom is -0.468 e. The third-order valence-corrected chi connectivity index (χ3v) is 2.63. The second-order valence-electron chi connectivity index (χ2n) is 5.22. The highest BCUT2D eigenvalue weighted by molar-refractivity contribution is 5.71. The Labute approximate surface area is 100 Å². The van der Waals surface area contributed by atoms with Crippen molar-refractivity contribution in [2.75, 3.05) is 26.7 Å². The highest BCUT2D eigenvalue weighted by Crippen LogP contribution is 2.06. The van der Waals surface area contributed by atoms with Crippen molar-refractivity contribution in [3.05, 3.63) is 0 Å². The number of nitrogens with zero attached hydrogens (tertiary/aromatic N) is 1. The van der Waals surface area contributed by atoms with Crippen LogP contribution in [0, 0.1) is 11.8 Å². The third-order valence-electron chi connectivity index (χ3n) is 2.63. The highest BCUT2D eigenvalue weighted by Gasteiger charge is 2.11. The van der Waals surface area contributed by atoms with Gasteiger partial charge in [0.25, 0.3) is 0 Å². The predicted octanol–water partition coefficient (Wildman–Crippen LogP) is 2.55. The SMILES string of the molecule is COC(=O)CN(CCC(C)C)CCC(C)C. The molecule has 16 heavy (non-hydrogen) atoms. The van der Waals surface area contributed by atoms with Crippen LogP contribution in [0.2, 0.25) is 0 Å². The quantitative estimate of drug-likeness (QED) is 0.599. The first-order chi connectivity index (χ1) is 7.45. The Morgan fingerprint density at radius 1 is 1.06 bits per heavy atom. The van der Waals surface area contributed by atoms with Crippen molar-refractivity contribution in [1.29, 1.82) is 0 Å². The lowest BCUT2D eigenvalue weighted by molar-refractivity contribution is -0.142. The van der Waals surface area contributed by atoms with Gasteiger partial charge in [-0.3, -0.25) is 9.69 Å². The number of hydrogen-bond acceptors (Lipinski definition) is 3. The van der Waals surface area contributed by atoms with E-state index in [2.05, 4.69) is 32.6 Å². The average Bonchev–Trinajstić information content (AvgIpc) is 2.21. The van der Waals surface area contributed by atoms with Crippen LogP contribution in [0.5, 0.6) is 0 Å². The Kier molecular flexibility index (Phi) is 8.26. The molecule has 0 spiro atoms. The minimum atomic E-state index is -0.132. The van der Waals surface area contributed by atoms with Gasteiger partial charge in [-0.2, -0.15) is 0 Å². The van der Waals surface area contributed by atoms with Crippen LogP contribution in [-0.2, 0) is 9.53 Å². The molecule has 0 rings (SSSR count). The number of rotatable bonds is 8. The van der Waals surface area contributed by atoms with E-state index in [0.717, 1.165) is 25.9 Å². The second-order valence-corrected chi connectivity index (χ2v) is 5.22. The average molecular weight is 229 g/mol. The lowest BCUT2D eigenvalue weighted by atomic mass is 10.1. The first-order valence-electron chi connectivity index (χ1n) is 6.24. The minimum absolute atomic E-state index is 0.132. The molecule has 0 radical (unpaired) electrons. The fourth-order valence-corrected chi connectivity index (χ4v) is 1.40. The van der Waals surface area contributed by atoms with Crippen LogP contribution in [0.3, 0.4) is 0 Å². The van der Waals surface area contributed by atoms with Crippen molar-refractivity contribution < 1.29 is 9.53 Å². The number of carbonyl (C=O) groups is 1. The summed E-state index contributed by atoms with van der Waals surface area (Å²) in [5, 5.41) is 0. The first-order valence-corrected chi connectivity index (χ1v) is 6.24. The van der Waals surface area contributed by atoms with Gasteiger partial charge in [-0.1, -0.05) is 27.7 Å². The van der Waals surface area contributed by atoms with E-state index in [0.29, 0.717) is 18.4 Å². The van der Waals surface area contributed by atoms with E-state index in [4.69, 9.17) is 4.74 Å². The Bertz CT molecular complexity index is 178. The summed E-state index contributed by atoms with van der Waals surface area (Å²) in [5.74, 6) is 1.23. The van der Waals surface area contributed by atoms with Gasteiger partial charge in [0.1, 0.15) is 0 Å². The number of hydrogen-bond donors (Lipinski definition) is 0. The maximum atomic E-state index is 11.2. The van der Waals surface area contributed by atoms with Crippen LogP contribution in [0.25, 0.3) is 0 Å². The zero-order chi connectivity index (χ0) is 12.6. The molecule has 0 fully saturated rings. The van der Waals surface area contributed by atoms with E-state index in [1.165, 1.54) is 7.11 Å². The maximum absolute atomic E-state index is 11.2. The summed E-state index contributed by atoms with van der Waals surface area (Å²) in [5.41, 5.74) is 0. The lowest BCUT2D eigenvalue weighted by Gasteiger charge is -2.22. The summed E-state index contributed by atoms with van der Waals surface area (Å²) in [4.78, 5) is 13.4. The van der Waals surface area contributed by atoms with Gasteiger partial charge in [-0.05, 0) is 37.8 Å². The molecule has 0 N–H and O–H groups in total. The van der Waals surface area contributed by atoms with Gasteiger partial charge >= 0.3 is 5.97 Å². The van der Waals surface area contributed by atoms with Crippen molar-refractivity contribution in [3.63, 3.8) is 0 Å². The Morgan fingerprint density at radius 3 is 1.81 bits per heavy atom. The van der Waals surface area contributed by atoms with Gasteiger partial charge in [0.2, 0.25) is 0 Å². The molecule has 0 heterocycles. The van der Waals surface area contributed by atoms with Gasteiger partial charge in [0.15, 0.2) is 0 Å². The molecule has 0 saturated heterocycles. The monoisotopic (exact) mass is 229 g/mol. The van der Waals surface area contributed by atoms with Gasteiger partial charge in [0, 0.05) is 0 Å². The topological polar surface area (TPSA) is 29.5 Å². The second kappa shape index (κ2) is 8.57. The Morgan fingerprint density at radius 2 is 1.50 bits per heavy atom.